The molecule has 1 aromatic carbocycles. The molecule has 0 radical (unpaired) electrons. The van der Waals surface area contributed by atoms with E-state index in [0.29, 0.717) is 12.1 Å². The van der Waals surface area contributed by atoms with Gasteiger partial charge in [-0.2, -0.15) is 0 Å². The minimum absolute atomic E-state index is 0.684. The van der Waals surface area contributed by atoms with Gasteiger partial charge in [0.05, 0.1) is 0 Å². The van der Waals surface area contributed by atoms with E-state index in [1.54, 1.807) is 5.56 Å². The third-order valence-corrected chi connectivity index (χ3v) is 3.80. The lowest BCUT2D eigenvalue weighted by molar-refractivity contribution is 0.333. The van der Waals surface area contributed by atoms with Crippen molar-refractivity contribution < 1.29 is 0 Å². The first-order valence-corrected chi connectivity index (χ1v) is 6.48. The summed E-state index contributed by atoms with van der Waals surface area (Å²) in [6, 6.07) is 8.00. The fourth-order valence-corrected chi connectivity index (χ4v) is 2.82. The molecule has 1 fully saturated rings. The van der Waals surface area contributed by atoms with Gasteiger partial charge < -0.3 is 5.32 Å². The molecular formula is C15H23N. The van der Waals surface area contributed by atoms with Crippen molar-refractivity contribution in [3.8, 4) is 0 Å². The molecule has 16 heavy (non-hydrogen) atoms. The third kappa shape index (κ3) is 2.65. The molecule has 0 amide bonds. The Balaban J connectivity index is 2.08. The van der Waals surface area contributed by atoms with E-state index >= 15 is 0 Å². The van der Waals surface area contributed by atoms with Crippen LogP contribution in [0, 0.1) is 13.8 Å². The van der Waals surface area contributed by atoms with E-state index in [4.69, 9.17) is 0 Å². The zero-order chi connectivity index (χ0) is 11.5. The zero-order valence-corrected chi connectivity index (χ0v) is 10.7. The number of hydrogen-bond donors (Lipinski definition) is 1. The van der Waals surface area contributed by atoms with Crippen molar-refractivity contribution in [1.82, 2.24) is 5.32 Å². The van der Waals surface area contributed by atoms with Gasteiger partial charge in [0.15, 0.2) is 0 Å². The quantitative estimate of drug-likeness (QED) is 0.801. The molecule has 0 saturated carbocycles. The lowest BCUT2D eigenvalue weighted by atomic mass is 9.91. The largest absolute Gasteiger partial charge is 0.311 e. The molecule has 0 aromatic heterocycles. The first-order valence-electron chi connectivity index (χ1n) is 6.48. The van der Waals surface area contributed by atoms with Gasteiger partial charge in [-0.25, -0.2) is 0 Å². The molecule has 1 N–H and O–H groups in total. The van der Waals surface area contributed by atoms with E-state index in [1.807, 2.05) is 0 Å². The maximum absolute atomic E-state index is 3.72. The molecule has 2 atom stereocenters. The number of hydrogen-bond acceptors (Lipinski definition) is 1. The first kappa shape index (κ1) is 11.7. The molecule has 0 aliphatic carbocycles. The van der Waals surface area contributed by atoms with Crippen LogP contribution in [0.1, 0.15) is 42.9 Å². The molecule has 1 nitrogen and oxygen atoms in total. The van der Waals surface area contributed by atoms with Crippen LogP contribution in [0.15, 0.2) is 18.2 Å². The molecule has 1 aromatic rings. The maximum Gasteiger partial charge on any atom is 0.0110 e. The van der Waals surface area contributed by atoms with E-state index in [2.05, 4.69) is 44.3 Å². The van der Waals surface area contributed by atoms with E-state index in [-0.39, 0.29) is 0 Å². The maximum atomic E-state index is 3.72. The van der Waals surface area contributed by atoms with Gasteiger partial charge in [-0.15, -0.1) is 0 Å². The molecule has 88 valence electrons. The summed E-state index contributed by atoms with van der Waals surface area (Å²) in [6.07, 6.45) is 5.24. The van der Waals surface area contributed by atoms with E-state index in [9.17, 15) is 0 Å². The van der Waals surface area contributed by atoms with E-state index in [1.165, 1.54) is 36.8 Å². The first-order chi connectivity index (χ1) is 7.66. The van der Waals surface area contributed by atoms with Crippen molar-refractivity contribution >= 4 is 0 Å². The number of rotatable bonds is 2. The molecule has 1 aliphatic heterocycles. The second-order valence-electron chi connectivity index (χ2n) is 5.27. The molecular weight excluding hydrogens is 194 g/mol. The Morgan fingerprint density at radius 1 is 1.19 bits per heavy atom. The van der Waals surface area contributed by atoms with Gasteiger partial charge in [0.2, 0.25) is 0 Å². The zero-order valence-electron chi connectivity index (χ0n) is 10.7. The van der Waals surface area contributed by atoms with Crippen molar-refractivity contribution in [2.45, 2.75) is 58.5 Å². The average molecular weight is 217 g/mol. The summed E-state index contributed by atoms with van der Waals surface area (Å²) < 4.78 is 0. The number of piperidine rings is 1. The van der Waals surface area contributed by atoms with Crippen molar-refractivity contribution in [3.63, 3.8) is 0 Å². The SMILES string of the molecule is Cc1cccc(C)c1CC1CCCC(C)N1. The topological polar surface area (TPSA) is 12.0 Å². The van der Waals surface area contributed by atoms with Crippen LogP contribution < -0.4 is 5.32 Å². The lowest BCUT2D eigenvalue weighted by Gasteiger charge is -2.29. The van der Waals surface area contributed by atoms with Gasteiger partial charge in [-0.3, -0.25) is 0 Å². The van der Waals surface area contributed by atoms with Crippen LogP contribution in [-0.4, -0.2) is 12.1 Å². The molecule has 0 bridgehead atoms. The van der Waals surface area contributed by atoms with Crippen molar-refractivity contribution in [1.29, 1.82) is 0 Å². The fraction of sp³-hybridized carbons (Fsp3) is 0.600. The van der Waals surface area contributed by atoms with Crippen molar-refractivity contribution in [3.05, 3.63) is 34.9 Å². The van der Waals surface area contributed by atoms with E-state index < -0.39 is 0 Å². The fourth-order valence-electron chi connectivity index (χ4n) is 2.82. The summed E-state index contributed by atoms with van der Waals surface area (Å²) in [7, 11) is 0. The Kier molecular flexibility index (Phi) is 3.65. The van der Waals surface area contributed by atoms with Crippen molar-refractivity contribution in [2.75, 3.05) is 0 Å². The predicted molar refractivity (Wildman–Crippen MR) is 69.9 cm³/mol. The summed E-state index contributed by atoms with van der Waals surface area (Å²) in [5.41, 5.74) is 4.44. The molecule has 1 saturated heterocycles. The van der Waals surface area contributed by atoms with Gasteiger partial charge in [0.1, 0.15) is 0 Å². The highest BCUT2D eigenvalue weighted by molar-refractivity contribution is 5.34. The summed E-state index contributed by atoms with van der Waals surface area (Å²) in [4.78, 5) is 0. The van der Waals surface area contributed by atoms with Gasteiger partial charge in [-0.1, -0.05) is 24.6 Å². The lowest BCUT2D eigenvalue weighted by Crippen LogP contribution is -2.41. The van der Waals surface area contributed by atoms with Crippen molar-refractivity contribution in [2.24, 2.45) is 0 Å². The van der Waals surface area contributed by atoms with E-state index in [0.717, 1.165) is 0 Å². The molecule has 1 aliphatic rings. The van der Waals surface area contributed by atoms with Gasteiger partial charge in [0.25, 0.3) is 0 Å². The highest BCUT2D eigenvalue weighted by Gasteiger charge is 2.18. The van der Waals surface area contributed by atoms with Crippen LogP contribution in [0.5, 0.6) is 0 Å². The van der Waals surface area contributed by atoms with Gasteiger partial charge >= 0.3 is 0 Å². The third-order valence-electron chi connectivity index (χ3n) is 3.80. The molecule has 1 heteroatoms. The summed E-state index contributed by atoms with van der Waals surface area (Å²) in [6.45, 7) is 6.76. The summed E-state index contributed by atoms with van der Waals surface area (Å²) in [5, 5.41) is 3.72. The second kappa shape index (κ2) is 5.01. The normalized spacial score (nSPS) is 25.7. The van der Waals surface area contributed by atoms with Crippen LogP contribution >= 0.6 is 0 Å². The van der Waals surface area contributed by atoms with Gasteiger partial charge in [-0.05, 0) is 56.7 Å². The number of aryl methyl sites for hydroxylation is 2. The van der Waals surface area contributed by atoms with Crippen LogP contribution in [-0.2, 0) is 6.42 Å². The number of benzene rings is 1. The summed E-state index contributed by atoms with van der Waals surface area (Å²) in [5.74, 6) is 0. The average Bonchev–Trinajstić information content (AvgIpc) is 2.24. The molecule has 2 rings (SSSR count). The monoisotopic (exact) mass is 217 g/mol. The van der Waals surface area contributed by atoms with Crippen LogP contribution in [0.25, 0.3) is 0 Å². The highest BCUT2D eigenvalue weighted by atomic mass is 15.0. The molecule has 0 spiro atoms. The second-order valence-corrected chi connectivity index (χ2v) is 5.27. The minimum Gasteiger partial charge on any atom is -0.311 e. The Labute approximate surface area is 99.3 Å². The standard InChI is InChI=1S/C15H23N/c1-11-6-4-7-12(2)15(11)10-14-9-5-8-13(3)16-14/h4,6-7,13-14,16H,5,8-10H2,1-3H3. The molecule has 2 unspecified atom stereocenters. The molecule has 1 heterocycles. The Hall–Kier alpha value is -0.820. The highest BCUT2D eigenvalue weighted by Crippen LogP contribution is 2.20. The van der Waals surface area contributed by atoms with Gasteiger partial charge in [0, 0.05) is 12.1 Å². The Morgan fingerprint density at radius 3 is 2.50 bits per heavy atom. The Bertz CT molecular complexity index is 336. The minimum atomic E-state index is 0.684. The predicted octanol–water partition coefficient (Wildman–Crippen LogP) is 3.38. The summed E-state index contributed by atoms with van der Waals surface area (Å²) >= 11 is 0. The number of nitrogens with one attached hydrogen (secondary N) is 1. The van der Waals surface area contributed by atoms with Crippen LogP contribution in [0.2, 0.25) is 0 Å². The van der Waals surface area contributed by atoms with Crippen LogP contribution in [0.3, 0.4) is 0 Å². The van der Waals surface area contributed by atoms with Crippen LogP contribution in [0.4, 0.5) is 0 Å². The Morgan fingerprint density at radius 2 is 1.88 bits per heavy atom. The smallest absolute Gasteiger partial charge is 0.0110 e.